The Morgan fingerprint density at radius 1 is 0.897 bits per heavy atom. The van der Waals surface area contributed by atoms with Gasteiger partial charge in [-0.25, -0.2) is 0 Å². The van der Waals surface area contributed by atoms with Crippen molar-refractivity contribution >= 4 is 5.78 Å². The lowest BCUT2D eigenvalue weighted by Crippen LogP contribution is -2.05. The first-order valence-electron chi connectivity index (χ1n) is 11.7. The molecule has 0 aliphatic heterocycles. The number of phenolic OH excluding ortho intramolecular Hbond substituents is 2. The first kappa shape index (κ1) is 25.3. The van der Waals surface area contributed by atoms with Gasteiger partial charge in [0.25, 0.3) is 0 Å². The Kier molecular flexibility index (Phi) is 13.2. The third kappa shape index (κ3) is 9.51. The molecule has 3 heteroatoms. The van der Waals surface area contributed by atoms with Crippen molar-refractivity contribution in [3.63, 3.8) is 0 Å². The zero-order chi connectivity index (χ0) is 21.5. The number of carbonyl (C=O) groups is 1. The van der Waals surface area contributed by atoms with Crippen LogP contribution in [0.15, 0.2) is 18.7 Å². The number of hydrogen-bond acceptors (Lipinski definition) is 3. The van der Waals surface area contributed by atoms with Crippen molar-refractivity contribution in [2.24, 2.45) is 0 Å². The summed E-state index contributed by atoms with van der Waals surface area (Å²) in [5.41, 5.74) is 1.35. The summed E-state index contributed by atoms with van der Waals surface area (Å²) in [5.74, 6) is -0.0222. The second kappa shape index (κ2) is 15.1. The molecule has 1 aromatic rings. The van der Waals surface area contributed by atoms with E-state index >= 15 is 0 Å². The number of aryl methyl sites for hydroxylation is 1. The Morgan fingerprint density at radius 3 is 1.86 bits per heavy atom. The van der Waals surface area contributed by atoms with Crippen molar-refractivity contribution < 1.29 is 15.0 Å². The lowest BCUT2D eigenvalue weighted by atomic mass is 9.93. The summed E-state index contributed by atoms with van der Waals surface area (Å²) in [5, 5.41) is 20.5. The standard InChI is InChI=1S/C26H42O3/c1-4-6-7-8-9-10-11-12-13-14-15-16-17-19-23(27)25-22(18-5-2)26(29)21(3)20-24(25)28/h5,20,28-29H,2,4,6-19H2,1,3H3. The fourth-order valence-corrected chi connectivity index (χ4v) is 3.94. The summed E-state index contributed by atoms with van der Waals surface area (Å²) < 4.78 is 0. The quantitative estimate of drug-likeness (QED) is 0.121. The minimum atomic E-state index is -0.0854. The molecule has 0 saturated carbocycles. The van der Waals surface area contributed by atoms with Crippen LogP contribution in [0.2, 0.25) is 0 Å². The van der Waals surface area contributed by atoms with E-state index in [0.29, 0.717) is 24.0 Å². The van der Waals surface area contributed by atoms with Gasteiger partial charge in [0.2, 0.25) is 0 Å². The Bertz CT molecular complexity index is 619. The molecule has 0 aliphatic carbocycles. The summed E-state index contributed by atoms with van der Waals surface area (Å²) in [4.78, 5) is 12.6. The highest BCUT2D eigenvalue weighted by atomic mass is 16.3. The minimum Gasteiger partial charge on any atom is -0.507 e. The van der Waals surface area contributed by atoms with Crippen LogP contribution in [-0.4, -0.2) is 16.0 Å². The van der Waals surface area contributed by atoms with E-state index in [4.69, 9.17) is 0 Å². The second-order valence-corrected chi connectivity index (χ2v) is 8.32. The maximum absolute atomic E-state index is 12.6. The van der Waals surface area contributed by atoms with Crippen LogP contribution in [0, 0.1) is 6.92 Å². The van der Waals surface area contributed by atoms with Crippen LogP contribution in [0.4, 0.5) is 0 Å². The monoisotopic (exact) mass is 402 g/mol. The third-order valence-electron chi connectivity index (χ3n) is 5.71. The Hall–Kier alpha value is -1.77. The highest BCUT2D eigenvalue weighted by Gasteiger charge is 2.20. The average molecular weight is 403 g/mol. The van der Waals surface area contributed by atoms with Crippen molar-refractivity contribution in [2.75, 3.05) is 0 Å². The normalized spacial score (nSPS) is 11.0. The molecule has 3 nitrogen and oxygen atoms in total. The Morgan fingerprint density at radius 2 is 1.38 bits per heavy atom. The zero-order valence-corrected chi connectivity index (χ0v) is 18.8. The highest BCUT2D eigenvalue weighted by molar-refractivity contribution is 6.00. The summed E-state index contributed by atoms with van der Waals surface area (Å²) in [6.07, 6.45) is 18.9. The SMILES string of the molecule is C=CCc1c(O)c(C)cc(O)c1C(=O)CCCCCCCCCCCCCCC. The van der Waals surface area contributed by atoms with Gasteiger partial charge in [-0.15, -0.1) is 6.58 Å². The molecular weight excluding hydrogens is 360 g/mol. The molecule has 0 aromatic heterocycles. The van der Waals surface area contributed by atoms with E-state index in [1.165, 1.54) is 70.3 Å². The maximum Gasteiger partial charge on any atom is 0.167 e. The molecule has 0 spiro atoms. The number of ketones is 1. The van der Waals surface area contributed by atoms with Crippen LogP contribution in [0.1, 0.15) is 118 Å². The van der Waals surface area contributed by atoms with Gasteiger partial charge in [0, 0.05) is 12.0 Å². The summed E-state index contributed by atoms with van der Waals surface area (Å²) >= 11 is 0. The van der Waals surface area contributed by atoms with Crippen molar-refractivity contribution in [1.82, 2.24) is 0 Å². The van der Waals surface area contributed by atoms with Gasteiger partial charge in [0.1, 0.15) is 11.5 Å². The molecule has 1 rings (SSSR count). The molecule has 0 heterocycles. The molecule has 2 N–H and O–H groups in total. The van der Waals surface area contributed by atoms with Crippen LogP contribution in [0.25, 0.3) is 0 Å². The van der Waals surface area contributed by atoms with Crippen LogP contribution in [-0.2, 0) is 6.42 Å². The first-order valence-corrected chi connectivity index (χ1v) is 11.7. The molecule has 0 saturated heterocycles. The van der Waals surface area contributed by atoms with Crippen LogP contribution >= 0.6 is 0 Å². The molecule has 164 valence electrons. The molecule has 0 atom stereocenters. The topological polar surface area (TPSA) is 57.5 Å². The lowest BCUT2D eigenvalue weighted by molar-refractivity contribution is 0.0975. The Balaban J connectivity index is 2.22. The fourth-order valence-electron chi connectivity index (χ4n) is 3.94. The summed E-state index contributed by atoms with van der Waals surface area (Å²) in [6, 6.07) is 1.47. The molecule has 1 aromatic carbocycles. The molecule has 0 aliphatic rings. The van der Waals surface area contributed by atoms with E-state index < -0.39 is 0 Å². The predicted molar refractivity (Wildman–Crippen MR) is 123 cm³/mol. The van der Waals surface area contributed by atoms with Crippen molar-refractivity contribution in [1.29, 1.82) is 0 Å². The molecular formula is C26H42O3. The second-order valence-electron chi connectivity index (χ2n) is 8.32. The molecule has 29 heavy (non-hydrogen) atoms. The van der Waals surface area contributed by atoms with E-state index in [0.717, 1.165) is 19.3 Å². The van der Waals surface area contributed by atoms with E-state index in [1.54, 1.807) is 13.0 Å². The number of aromatic hydroxyl groups is 2. The van der Waals surface area contributed by atoms with Crippen molar-refractivity contribution in [3.8, 4) is 11.5 Å². The third-order valence-corrected chi connectivity index (χ3v) is 5.71. The summed E-state index contributed by atoms with van der Waals surface area (Å²) in [6.45, 7) is 7.67. The van der Waals surface area contributed by atoms with Gasteiger partial charge in [0.15, 0.2) is 5.78 Å². The molecule has 0 unspecified atom stereocenters. The summed E-state index contributed by atoms with van der Waals surface area (Å²) in [7, 11) is 0. The number of benzene rings is 1. The fraction of sp³-hybridized carbons (Fsp3) is 0.654. The number of allylic oxidation sites excluding steroid dienone is 1. The van der Waals surface area contributed by atoms with Crippen molar-refractivity contribution in [2.45, 2.75) is 110 Å². The number of rotatable bonds is 17. The van der Waals surface area contributed by atoms with Crippen LogP contribution in [0.3, 0.4) is 0 Å². The minimum absolute atomic E-state index is 0.0307. The molecule has 0 radical (unpaired) electrons. The smallest absolute Gasteiger partial charge is 0.167 e. The number of unbranched alkanes of at least 4 members (excludes halogenated alkanes) is 12. The van der Waals surface area contributed by atoms with E-state index in [1.807, 2.05) is 0 Å². The van der Waals surface area contributed by atoms with Gasteiger partial charge in [-0.05, 0) is 31.4 Å². The number of Topliss-reactive ketones (excluding diaryl/α,β-unsaturated/α-hetero) is 1. The highest BCUT2D eigenvalue weighted by Crippen LogP contribution is 2.34. The van der Waals surface area contributed by atoms with Crippen LogP contribution < -0.4 is 0 Å². The van der Waals surface area contributed by atoms with Gasteiger partial charge < -0.3 is 10.2 Å². The Labute approximate surface area is 178 Å². The number of hydrogen-bond donors (Lipinski definition) is 2. The van der Waals surface area contributed by atoms with E-state index in [-0.39, 0.29) is 22.8 Å². The van der Waals surface area contributed by atoms with E-state index in [9.17, 15) is 15.0 Å². The van der Waals surface area contributed by atoms with E-state index in [2.05, 4.69) is 13.5 Å². The predicted octanol–water partition coefficient (Wildman–Crippen LogP) is 7.80. The molecule has 0 fully saturated rings. The van der Waals surface area contributed by atoms with Gasteiger partial charge >= 0.3 is 0 Å². The van der Waals surface area contributed by atoms with Gasteiger partial charge in [-0.1, -0.05) is 90.0 Å². The van der Waals surface area contributed by atoms with Gasteiger partial charge in [-0.3, -0.25) is 4.79 Å². The van der Waals surface area contributed by atoms with Crippen LogP contribution in [0.5, 0.6) is 11.5 Å². The lowest BCUT2D eigenvalue weighted by Gasteiger charge is -2.13. The molecule has 0 bridgehead atoms. The first-order chi connectivity index (χ1) is 14.0. The number of phenols is 2. The average Bonchev–Trinajstić information content (AvgIpc) is 2.69. The van der Waals surface area contributed by atoms with Crippen molar-refractivity contribution in [3.05, 3.63) is 35.4 Å². The number of carbonyl (C=O) groups excluding carboxylic acids is 1. The van der Waals surface area contributed by atoms with Gasteiger partial charge in [-0.2, -0.15) is 0 Å². The molecule has 0 amide bonds. The van der Waals surface area contributed by atoms with Gasteiger partial charge in [0.05, 0.1) is 5.56 Å². The largest absolute Gasteiger partial charge is 0.507 e. The zero-order valence-electron chi connectivity index (χ0n) is 18.8. The maximum atomic E-state index is 12.6.